The lowest BCUT2D eigenvalue weighted by atomic mass is 10.1. The standard InChI is InChI=1S/C18H15N5O2S/c1-11(24)12-3-2-4-13(9-12)15-5-6-16(25-15)17-20-18(23-22-17)26-10-14-7-8-19-21-14/h2-6,8-9H,7,10H2,1H3,(H,20,22,23). The first kappa shape index (κ1) is 16.5. The van der Waals surface area contributed by atoms with E-state index in [9.17, 15) is 4.79 Å². The van der Waals surface area contributed by atoms with Crippen LogP contribution < -0.4 is 0 Å². The molecule has 0 atom stereocenters. The topological polar surface area (TPSA) is 96.5 Å². The molecule has 0 radical (unpaired) electrons. The average Bonchev–Trinajstić information content (AvgIpc) is 3.40. The van der Waals surface area contributed by atoms with E-state index >= 15 is 0 Å². The Hall–Kier alpha value is -3.00. The number of carbonyl (C=O) groups excluding carboxylic acids is 1. The number of aromatic nitrogens is 3. The van der Waals surface area contributed by atoms with Gasteiger partial charge in [-0.15, -0.1) is 5.10 Å². The number of hydrogen-bond acceptors (Lipinski definition) is 7. The number of rotatable bonds is 6. The van der Waals surface area contributed by atoms with E-state index in [0.29, 0.717) is 33.8 Å². The average molecular weight is 365 g/mol. The number of thioether (sulfide) groups is 1. The van der Waals surface area contributed by atoms with Crippen molar-refractivity contribution in [3.8, 4) is 22.9 Å². The van der Waals surface area contributed by atoms with Gasteiger partial charge in [0.05, 0.1) is 5.71 Å². The molecule has 1 aromatic carbocycles. The molecular formula is C18H15N5O2S. The maximum Gasteiger partial charge on any atom is 0.209 e. The molecule has 8 heteroatoms. The van der Waals surface area contributed by atoms with Crippen LogP contribution in [0.25, 0.3) is 22.9 Å². The summed E-state index contributed by atoms with van der Waals surface area (Å²) in [6, 6.07) is 11.0. The number of ketones is 1. The number of aromatic amines is 1. The number of nitrogens with one attached hydrogen (secondary N) is 1. The molecular weight excluding hydrogens is 350 g/mol. The van der Waals surface area contributed by atoms with Gasteiger partial charge < -0.3 is 4.42 Å². The number of Topliss-reactive ketones (excluding diaryl/α,β-unsaturated/α-hetero) is 1. The number of H-pyrrole nitrogens is 1. The van der Waals surface area contributed by atoms with Crippen LogP contribution in [0, 0.1) is 0 Å². The molecule has 1 aliphatic heterocycles. The first-order valence-corrected chi connectivity index (χ1v) is 9.01. The van der Waals surface area contributed by atoms with Crippen LogP contribution in [0.2, 0.25) is 0 Å². The Balaban J connectivity index is 1.49. The molecule has 0 saturated heterocycles. The highest BCUT2D eigenvalue weighted by Gasteiger charge is 2.13. The van der Waals surface area contributed by atoms with Gasteiger partial charge in [0.25, 0.3) is 0 Å². The molecule has 2 aromatic heterocycles. The first-order valence-electron chi connectivity index (χ1n) is 8.03. The van der Waals surface area contributed by atoms with Crippen LogP contribution >= 0.6 is 11.8 Å². The Labute approximate surface area is 153 Å². The number of hydrogen-bond donors (Lipinski definition) is 1. The second-order valence-electron chi connectivity index (χ2n) is 5.72. The van der Waals surface area contributed by atoms with Gasteiger partial charge in [0.1, 0.15) is 5.76 Å². The van der Waals surface area contributed by atoms with E-state index in [4.69, 9.17) is 4.42 Å². The lowest BCUT2D eigenvalue weighted by molar-refractivity contribution is 0.101. The second kappa shape index (κ2) is 7.09. The molecule has 0 fully saturated rings. The highest BCUT2D eigenvalue weighted by molar-refractivity contribution is 7.99. The van der Waals surface area contributed by atoms with Crippen molar-refractivity contribution in [2.24, 2.45) is 10.2 Å². The predicted molar refractivity (Wildman–Crippen MR) is 101 cm³/mol. The van der Waals surface area contributed by atoms with E-state index in [0.717, 1.165) is 17.7 Å². The minimum absolute atomic E-state index is 0.0211. The molecule has 0 spiro atoms. The molecule has 0 unspecified atom stereocenters. The zero-order valence-corrected chi connectivity index (χ0v) is 14.8. The van der Waals surface area contributed by atoms with E-state index in [1.54, 1.807) is 19.2 Å². The van der Waals surface area contributed by atoms with Gasteiger partial charge >= 0.3 is 0 Å². The molecule has 1 aliphatic rings. The summed E-state index contributed by atoms with van der Waals surface area (Å²) in [6.45, 7) is 1.55. The highest BCUT2D eigenvalue weighted by Crippen LogP contribution is 2.28. The van der Waals surface area contributed by atoms with Gasteiger partial charge in [-0.2, -0.15) is 15.2 Å². The fourth-order valence-electron chi connectivity index (χ4n) is 2.48. The summed E-state index contributed by atoms with van der Waals surface area (Å²) < 4.78 is 5.88. The Bertz CT molecular complexity index is 1020. The zero-order valence-electron chi connectivity index (χ0n) is 14.0. The SMILES string of the molecule is CC(=O)c1cccc(-c2ccc(-c3nc(SCC4=NN=CC4)n[nH]3)o2)c1. The van der Waals surface area contributed by atoms with Gasteiger partial charge in [-0.3, -0.25) is 9.89 Å². The van der Waals surface area contributed by atoms with Gasteiger partial charge in [0.15, 0.2) is 17.4 Å². The highest BCUT2D eigenvalue weighted by atomic mass is 32.2. The fourth-order valence-corrected chi connectivity index (χ4v) is 3.22. The third-order valence-corrected chi connectivity index (χ3v) is 4.75. The molecule has 130 valence electrons. The monoisotopic (exact) mass is 365 g/mol. The van der Waals surface area contributed by atoms with Gasteiger partial charge in [-0.1, -0.05) is 30.0 Å². The van der Waals surface area contributed by atoms with Crippen molar-refractivity contribution in [3.05, 3.63) is 42.0 Å². The molecule has 0 aliphatic carbocycles. The molecule has 4 rings (SSSR count). The minimum Gasteiger partial charge on any atom is -0.453 e. The van der Waals surface area contributed by atoms with Crippen LogP contribution in [0.5, 0.6) is 0 Å². The van der Waals surface area contributed by atoms with E-state index in [-0.39, 0.29) is 5.78 Å². The summed E-state index contributed by atoms with van der Waals surface area (Å²) in [7, 11) is 0. The summed E-state index contributed by atoms with van der Waals surface area (Å²) in [4.78, 5) is 16.0. The number of carbonyl (C=O) groups is 1. The van der Waals surface area contributed by atoms with Crippen LogP contribution in [0.1, 0.15) is 23.7 Å². The largest absolute Gasteiger partial charge is 0.453 e. The summed E-state index contributed by atoms with van der Waals surface area (Å²) in [6.07, 6.45) is 2.57. The Kier molecular flexibility index (Phi) is 4.49. The van der Waals surface area contributed by atoms with Gasteiger partial charge in [-0.25, -0.2) is 0 Å². The zero-order chi connectivity index (χ0) is 17.9. The first-order chi connectivity index (χ1) is 12.7. The van der Waals surface area contributed by atoms with Crippen molar-refractivity contribution in [2.45, 2.75) is 18.5 Å². The summed E-state index contributed by atoms with van der Waals surface area (Å²) in [5.41, 5.74) is 2.50. The third-order valence-electron chi connectivity index (χ3n) is 3.83. The van der Waals surface area contributed by atoms with Crippen LogP contribution in [-0.4, -0.2) is 38.6 Å². The van der Waals surface area contributed by atoms with Crippen molar-refractivity contribution in [3.63, 3.8) is 0 Å². The summed E-state index contributed by atoms with van der Waals surface area (Å²) in [5.74, 6) is 2.55. The second-order valence-corrected chi connectivity index (χ2v) is 6.67. The third kappa shape index (κ3) is 3.50. The Morgan fingerprint density at radius 1 is 1.27 bits per heavy atom. The van der Waals surface area contributed by atoms with E-state index < -0.39 is 0 Å². The normalized spacial score (nSPS) is 13.2. The van der Waals surface area contributed by atoms with Crippen molar-refractivity contribution in [1.29, 1.82) is 0 Å². The van der Waals surface area contributed by atoms with Gasteiger partial charge in [0, 0.05) is 29.5 Å². The van der Waals surface area contributed by atoms with Crippen molar-refractivity contribution in [1.82, 2.24) is 15.2 Å². The number of furan rings is 1. The maximum absolute atomic E-state index is 11.5. The molecule has 0 saturated carbocycles. The molecule has 0 amide bonds. The predicted octanol–water partition coefficient (Wildman–Crippen LogP) is 3.86. The maximum atomic E-state index is 11.5. The number of nitrogens with zero attached hydrogens (tertiary/aromatic N) is 4. The van der Waals surface area contributed by atoms with Crippen molar-refractivity contribution < 1.29 is 9.21 Å². The van der Waals surface area contributed by atoms with Gasteiger partial charge in [0.2, 0.25) is 5.16 Å². The van der Waals surface area contributed by atoms with Crippen molar-refractivity contribution >= 4 is 29.5 Å². The molecule has 3 aromatic rings. The van der Waals surface area contributed by atoms with Crippen LogP contribution in [-0.2, 0) is 0 Å². The Morgan fingerprint density at radius 2 is 2.15 bits per heavy atom. The van der Waals surface area contributed by atoms with Crippen LogP contribution in [0.3, 0.4) is 0 Å². The Morgan fingerprint density at radius 3 is 2.96 bits per heavy atom. The minimum atomic E-state index is 0.0211. The summed E-state index contributed by atoms with van der Waals surface area (Å²) in [5, 5.41) is 15.6. The van der Waals surface area contributed by atoms with E-state index in [1.165, 1.54) is 11.8 Å². The molecule has 26 heavy (non-hydrogen) atoms. The quantitative estimate of drug-likeness (QED) is 0.528. The van der Waals surface area contributed by atoms with E-state index in [1.807, 2.05) is 30.3 Å². The molecule has 7 nitrogen and oxygen atoms in total. The molecule has 3 heterocycles. The molecule has 1 N–H and O–H groups in total. The van der Waals surface area contributed by atoms with E-state index in [2.05, 4.69) is 25.4 Å². The summed E-state index contributed by atoms with van der Waals surface area (Å²) >= 11 is 1.50. The lowest BCUT2D eigenvalue weighted by Crippen LogP contribution is -1.98. The van der Waals surface area contributed by atoms with Crippen molar-refractivity contribution in [2.75, 3.05) is 5.75 Å². The van der Waals surface area contributed by atoms with Gasteiger partial charge in [-0.05, 0) is 25.1 Å². The molecule has 0 bridgehead atoms. The fraction of sp³-hybridized carbons (Fsp3) is 0.167. The van der Waals surface area contributed by atoms with Crippen LogP contribution in [0.15, 0.2) is 56.2 Å². The lowest BCUT2D eigenvalue weighted by Gasteiger charge is -1.99. The smallest absolute Gasteiger partial charge is 0.209 e. The number of benzene rings is 1. The van der Waals surface area contributed by atoms with Crippen LogP contribution in [0.4, 0.5) is 0 Å².